The number of rotatable bonds is 4. The van der Waals surface area contributed by atoms with E-state index in [-0.39, 0.29) is 27.9 Å². The van der Waals surface area contributed by atoms with Crippen LogP contribution in [0.5, 0.6) is 0 Å². The lowest BCUT2D eigenvalue weighted by molar-refractivity contribution is -0.136. The number of alkyl halides is 3. The normalized spacial score (nSPS) is 11.3. The third-order valence-corrected chi connectivity index (χ3v) is 3.67. The topological polar surface area (TPSA) is 80.0 Å². The minimum atomic E-state index is -4.57. The standard InChI is InChI=1S/C17H12ClF3N4O2/c1-9-6-15(25-27-9)24-16(26)14-5-3-11(8-22-14)23-13-4-2-10(18)7-12(13)17(19,20)21/h2-8,23H,1H3,(H,24,25,26). The van der Waals surface area contributed by atoms with Crippen molar-refractivity contribution in [2.45, 2.75) is 13.1 Å². The quantitative estimate of drug-likeness (QED) is 0.645. The van der Waals surface area contributed by atoms with E-state index in [2.05, 4.69) is 20.8 Å². The summed E-state index contributed by atoms with van der Waals surface area (Å²) < 4.78 is 44.2. The van der Waals surface area contributed by atoms with Crippen LogP contribution in [0.3, 0.4) is 0 Å². The molecule has 0 saturated carbocycles. The van der Waals surface area contributed by atoms with Crippen LogP contribution in [-0.4, -0.2) is 16.0 Å². The van der Waals surface area contributed by atoms with Gasteiger partial charge in [0.25, 0.3) is 5.91 Å². The number of nitrogens with one attached hydrogen (secondary N) is 2. The molecule has 0 bridgehead atoms. The maximum atomic E-state index is 13.1. The van der Waals surface area contributed by atoms with Crippen molar-refractivity contribution >= 4 is 34.7 Å². The van der Waals surface area contributed by atoms with Crippen LogP contribution in [0, 0.1) is 6.92 Å². The number of hydrogen-bond donors (Lipinski definition) is 2. The summed E-state index contributed by atoms with van der Waals surface area (Å²) in [7, 11) is 0. The first-order valence-electron chi connectivity index (χ1n) is 7.57. The molecule has 0 fully saturated rings. The van der Waals surface area contributed by atoms with E-state index in [9.17, 15) is 18.0 Å². The predicted molar refractivity (Wildman–Crippen MR) is 93.2 cm³/mol. The maximum Gasteiger partial charge on any atom is 0.418 e. The summed E-state index contributed by atoms with van der Waals surface area (Å²) in [6.07, 6.45) is -3.33. The van der Waals surface area contributed by atoms with E-state index in [1.54, 1.807) is 6.92 Å². The van der Waals surface area contributed by atoms with E-state index in [1.807, 2.05) is 0 Å². The van der Waals surface area contributed by atoms with Gasteiger partial charge < -0.3 is 15.2 Å². The zero-order chi connectivity index (χ0) is 19.6. The molecule has 6 nitrogen and oxygen atoms in total. The molecule has 0 radical (unpaired) electrons. The second-order valence-electron chi connectivity index (χ2n) is 5.52. The Morgan fingerprint density at radius 2 is 1.96 bits per heavy atom. The van der Waals surface area contributed by atoms with Crippen LogP contribution in [0.2, 0.25) is 5.02 Å². The molecule has 0 unspecified atom stereocenters. The average molecular weight is 397 g/mol. The van der Waals surface area contributed by atoms with Crippen LogP contribution in [0.4, 0.5) is 30.4 Å². The second-order valence-corrected chi connectivity index (χ2v) is 5.96. The molecule has 1 aromatic carbocycles. The first-order valence-corrected chi connectivity index (χ1v) is 7.94. The van der Waals surface area contributed by atoms with Crippen LogP contribution in [0.15, 0.2) is 47.1 Å². The second kappa shape index (κ2) is 7.28. The molecule has 2 heterocycles. The van der Waals surface area contributed by atoms with Gasteiger partial charge in [0, 0.05) is 11.1 Å². The first kappa shape index (κ1) is 18.7. The SMILES string of the molecule is Cc1cc(NC(=O)c2ccc(Nc3ccc(Cl)cc3C(F)(F)F)cn2)no1. The smallest absolute Gasteiger partial charge is 0.360 e. The van der Waals surface area contributed by atoms with E-state index in [1.165, 1.54) is 36.5 Å². The van der Waals surface area contributed by atoms with Crippen LogP contribution < -0.4 is 10.6 Å². The molecule has 0 saturated heterocycles. The molecule has 0 aliphatic rings. The van der Waals surface area contributed by atoms with Crippen LogP contribution in [0.25, 0.3) is 0 Å². The van der Waals surface area contributed by atoms with Gasteiger partial charge in [-0.1, -0.05) is 16.8 Å². The molecular weight excluding hydrogens is 385 g/mol. The summed E-state index contributed by atoms with van der Waals surface area (Å²) in [5.74, 6) is 0.232. The van der Waals surface area contributed by atoms with Gasteiger partial charge >= 0.3 is 6.18 Å². The van der Waals surface area contributed by atoms with Crippen molar-refractivity contribution in [3.63, 3.8) is 0 Å². The van der Waals surface area contributed by atoms with Crippen molar-refractivity contribution in [2.75, 3.05) is 10.6 Å². The number of amides is 1. The number of carbonyl (C=O) groups excluding carboxylic acids is 1. The van der Waals surface area contributed by atoms with Crippen molar-refractivity contribution in [3.05, 3.63) is 64.6 Å². The molecule has 1 amide bonds. The highest BCUT2D eigenvalue weighted by atomic mass is 35.5. The Kier molecular flexibility index (Phi) is 5.04. The molecule has 0 spiro atoms. The molecule has 0 aliphatic heterocycles. The van der Waals surface area contributed by atoms with Gasteiger partial charge in [-0.3, -0.25) is 4.79 Å². The minimum Gasteiger partial charge on any atom is -0.360 e. The number of hydrogen-bond acceptors (Lipinski definition) is 5. The number of halogens is 4. The fourth-order valence-electron chi connectivity index (χ4n) is 2.22. The minimum absolute atomic E-state index is 0.0267. The Bertz CT molecular complexity index is 971. The Labute approximate surface area is 156 Å². The lowest BCUT2D eigenvalue weighted by Gasteiger charge is -2.15. The van der Waals surface area contributed by atoms with E-state index in [0.29, 0.717) is 5.76 Å². The zero-order valence-electron chi connectivity index (χ0n) is 13.8. The molecule has 27 heavy (non-hydrogen) atoms. The summed E-state index contributed by atoms with van der Waals surface area (Å²) in [5, 5.41) is 8.72. The molecule has 0 atom stereocenters. The molecular formula is C17H12ClF3N4O2. The van der Waals surface area contributed by atoms with Gasteiger partial charge in [0.2, 0.25) is 0 Å². The summed E-state index contributed by atoms with van der Waals surface area (Å²) in [5.41, 5.74) is -0.743. The van der Waals surface area contributed by atoms with Gasteiger partial charge in [-0.15, -0.1) is 0 Å². The lowest BCUT2D eigenvalue weighted by Crippen LogP contribution is -2.14. The number of pyridine rings is 1. The summed E-state index contributed by atoms with van der Waals surface area (Å²) in [6, 6.07) is 7.73. The first-order chi connectivity index (χ1) is 12.7. The van der Waals surface area contributed by atoms with Gasteiger partial charge in [0.05, 0.1) is 23.1 Å². The van der Waals surface area contributed by atoms with Gasteiger partial charge in [0.15, 0.2) is 5.82 Å². The highest BCUT2D eigenvalue weighted by Gasteiger charge is 2.33. The van der Waals surface area contributed by atoms with Gasteiger partial charge in [0.1, 0.15) is 11.5 Å². The molecule has 10 heteroatoms. The largest absolute Gasteiger partial charge is 0.418 e. The molecule has 2 N–H and O–H groups in total. The van der Waals surface area contributed by atoms with E-state index < -0.39 is 17.6 Å². The average Bonchev–Trinajstić information content (AvgIpc) is 3.01. The van der Waals surface area contributed by atoms with Crippen molar-refractivity contribution in [1.82, 2.24) is 10.1 Å². The third kappa shape index (κ3) is 4.56. The van der Waals surface area contributed by atoms with Crippen LogP contribution in [-0.2, 0) is 6.18 Å². The monoisotopic (exact) mass is 396 g/mol. The third-order valence-electron chi connectivity index (χ3n) is 3.43. The number of aromatic nitrogens is 2. The fraction of sp³-hybridized carbons (Fsp3) is 0.118. The summed E-state index contributed by atoms with van der Waals surface area (Å²) in [4.78, 5) is 16.0. The van der Waals surface area contributed by atoms with Gasteiger partial charge in [-0.05, 0) is 37.3 Å². The van der Waals surface area contributed by atoms with Crippen molar-refractivity contribution < 1.29 is 22.5 Å². The molecule has 3 aromatic rings. The number of benzene rings is 1. The molecule has 2 aromatic heterocycles. The highest BCUT2D eigenvalue weighted by molar-refractivity contribution is 6.30. The van der Waals surface area contributed by atoms with E-state index in [4.69, 9.17) is 16.1 Å². The fourth-order valence-corrected chi connectivity index (χ4v) is 2.40. The predicted octanol–water partition coefficient (Wildman–Crippen LogP) is 5.05. The summed E-state index contributed by atoms with van der Waals surface area (Å²) in [6.45, 7) is 1.67. The maximum absolute atomic E-state index is 13.1. The zero-order valence-corrected chi connectivity index (χ0v) is 14.5. The Hall–Kier alpha value is -3.07. The number of anilines is 3. The van der Waals surface area contributed by atoms with E-state index in [0.717, 1.165) is 6.07 Å². The number of carbonyl (C=O) groups is 1. The Morgan fingerprint density at radius 3 is 2.56 bits per heavy atom. The van der Waals surface area contributed by atoms with Crippen molar-refractivity contribution in [1.29, 1.82) is 0 Å². The summed E-state index contributed by atoms with van der Waals surface area (Å²) >= 11 is 5.65. The van der Waals surface area contributed by atoms with Crippen LogP contribution >= 0.6 is 11.6 Å². The molecule has 140 valence electrons. The Morgan fingerprint density at radius 1 is 1.19 bits per heavy atom. The van der Waals surface area contributed by atoms with Gasteiger partial charge in [-0.2, -0.15) is 13.2 Å². The molecule has 0 aliphatic carbocycles. The van der Waals surface area contributed by atoms with Gasteiger partial charge in [-0.25, -0.2) is 4.98 Å². The van der Waals surface area contributed by atoms with E-state index >= 15 is 0 Å². The molecule has 3 rings (SSSR count). The van der Waals surface area contributed by atoms with Crippen molar-refractivity contribution in [2.24, 2.45) is 0 Å². The van der Waals surface area contributed by atoms with Crippen molar-refractivity contribution in [3.8, 4) is 0 Å². The highest BCUT2D eigenvalue weighted by Crippen LogP contribution is 2.37. The number of nitrogens with zero attached hydrogens (tertiary/aromatic N) is 2. The van der Waals surface area contributed by atoms with Crippen LogP contribution in [0.1, 0.15) is 21.8 Å². The Balaban J connectivity index is 1.76. The lowest BCUT2D eigenvalue weighted by atomic mass is 10.1. The number of aryl methyl sites for hydroxylation is 1.